The number of aliphatic hydroxyl groups excluding tert-OH is 1. The zero-order chi connectivity index (χ0) is 13.7. The second kappa shape index (κ2) is 7.22. The third kappa shape index (κ3) is 3.91. The van der Waals surface area contributed by atoms with E-state index in [1.54, 1.807) is 0 Å². The van der Waals surface area contributed by atoms with Gasteiger partial charge in [0.15, 0.2) is 6.10 Å². The van der Waals surface area contributed by atoms with Crippen LogP contribution in [0.4, 0.5) is 0 Å². The molecule has 0 amide bonds. The van der Waals surface area contributed by atoms with Crippen LogP contribution in [0.1, 0.15) is 45.4 Å². The maximum Gasteiger partial charge on any atom is 0.306 e. The molecular formula is C14H24O5. The molecule has 0 bridgehead atoms. The monoisotopic (exact) mass is 272 g/mol. The molecule has 2 rings (SSSR count). The van der Waals surface area contributed by atoms with Crippen molar-refractivity contribution in [2.24, 2.45) is 0 Å². The zero-order valence-corrected chi connectivity index (χ0v) is 11.5. The molecule has 2 saturated heterocycles. The molecule has 0 aliphatic carbocycles. The summed E-state index contributed by atoms with van der Waals surface area (Å²) < 4.78 is 16.2. The van der Waals surface area contributed by atoms with Gasteiger partial charge >= 0.3 is 5.97 Å². The molecule has 0 saturated carbocycles. The SMILES string of the molecule is CCCCCCCC(=O)O[C@H]1CO[C@H]2[C@@H]1OC[C@H]2O. The number of aliphatic hydroxyl groups is 1. The predicted octanol–water partition coefficient (Wildman–Crippen LogP) is 1.42. The molecule has 5 nitrogen and oxygen atoms in total. The van der Waals surface area contributed by atoms with Crippen LogP contribution in [-0.4, -0.2) is 48.7 Å². The molecule has 0 radical (unpaired) electrons. The third-order valence-corrected chi connectivity index (χ3v) is 3.75. The van der Waals surface area contributed by atoms with Gasteiger partial charge in [-0.15, -0.1) is 0 Å². The summed E-state index contributed by atoms with van der Waals surface area (Å²) >= 11 is 0. The third-order valence-electron chi connectivity index (χ3n) is 3.75. The van der Waals surface area contributed by atoms with Crippen molar-refractivity contribution in [1.82, 2.24) is 0 Å². The summed E-state index contributed by atoms with van der Waals surface area (Å²) in [5.74, 6) is -0.185. The van der Waals surface area contributed by atoms with Crippen molar-refractivity contribution >= 4 is 5.97 Å². The van der Waals surface area contributed by atoms with Crippen molar-refractivity contribution in [3.05, 3.63) is 0 Å². The van der Waals surface area contributed by atoms with Crippen LogP contribution >= 0.6 is 0 Å². The molecule has 0 aromatic rings. The summed E-state index contributed by atoms with van der Waals surface area (Å²) in [4.78, 5) is 11.7. The number of unbranched alkanes of at least 4 members (excludes halogenated alkanes) is 4. The number of rotatable bonds is 7. The molecule has 110 valence electrons. The first kappa shape index (κ1) is 14.8. The maximum absolute atomic E-state index is 11.7. The molecule has 0 unspecified atom stereocenters. The van der Waals surface area contributed by atoms with E-state index in [2.05, 4.69) is 6.92 Å². The Kier molecular flexibility index (Phi) is 5.60. The minimum absolute atomic E-state index is 0.185. The molecule has 2 heterocycles. The lowest BCUT2D eigenvalue weighted by Crippen LogP contribution is -2.34. The summed E-state index contributed by atoms with van der Waals surface area (Å²) in [5.41, 5.74) is 0. The highest BCUT2D eigenvalue weighted by atomic mass is 16.6. The molecule has 0 aromatic carbocycles. The summed E-state index contributed by atoms with van der Waals surface area (Å²) in [6.45, 7) is 2.76. The van der Waals surface area contributed by atoms with Gasteiger partial charge in [0.05, 0.1) is 13.2 Å². The molecule has 2 fully saturated rings. The molecule has 1 N–H and O–H groups in total. The van der Waals surface area contributed by atoms with E-state index in [4.69, 9.17) is 14.2 Å². The van der Waals surface area contributed by atoms with E-state index in [0.717, 1.165) is 12.8 Å². The highest BCUT2D eigenvalue weighted by molar-refractivity contribution is 5.69. The van der Waals surface area contributed by atoms with E-state index in [0.29, 0.717) is 13.0 Å². The fraction of sp³-hybridized carbons (Fsp3) is 0.929. The lowest BCUT2D eigenvalue weighted by molar-refractivity contribution is -0.153. The van der Waals surface area contributed by atoms with Gasteiger partial charge in [-0.05, 0) is 6.42 Å². The first-order chi connectivity index (χ1) is 9.22. The second-order valence-corrected chi connectivity index (χ2v) is 5.36. The van der Waals surface area contributed by atoms with Gasteiger partial charge in [-0.3, -0.25) is 4.79 Å². The van der Waals surface area contributed by atoms with Gasteiger partial charge in [0.2, 0.25) is 0 Å². The highest BCUT2D eigenvalue weighted by Gasteiger charge is 2.48. The molecule has 5 heteroatoms. The van der Waals surface area contributed by atoms with E-state index in [1.165, 1.54) is 19.3 Å². The number of carbonyl (C=O) groups excluding carboxylic acids is 1. The number of hydrogen-bond acceptors (Lipinski definition) is 5. The average Bonchev–Trinajstić information content (AvgIpc) is 2.94. The molecule has 0 spiro atoms. The number of carbonyl (C=O) groups is 1. The first-order valence-corrected chi connectivity index (χ1v) is 7.33. The Hall–Kier alpha value is -0.650. The van der Waals surface area contributed by atoms with E-state index >= 15 is 0 Å². The summed E-state index contributed by atoms with van der Waals surface area (Å²) in [6.07, 6.45) is 4.44. The summed E-state index contributed by atoms with van der Waals surface area (Å²) in [7, 11) is 0. The molecule has 2 aliphatic heterocycles. The van der Waals surface area contributed by atoms with Crippen molar-refractivity contribution < 1.29 is 24.1 Å². The average molecular weight is 272 g/mol. The highest BCUT2D eigenvalue weighted by Crippen LogP contribution is 2.29. The first-order valence-electron chi connectivity index (χ1n) is 7.33. The van der Waals surface area contributed by atoms with E-state index in [9.17, 15) is 9.90 Å². The van der Waals surface area contributed by atoms with E-state index in [-0.39, 0.29) is 30.9 Å². The van der Waals surface area contributed by atoms with Crippen molar-refractivity contribution in [3.8, 4) is 0 Å². The fourth-order valence-electron chi connectivity index (χ4n) is 2.65. The number of ether oxygens (including phenoxy) is 3. The van der Waals surface area contributed by atoms with Gasteiger partial charge in [0.25, 0.3) is 0 Å². The summed E-state index contributed by atoms with van der Waals surface area (Å²) in [6, 6.07) is 0. The molecule has 0 aromatic heterocycles. The van der Waals surface area contributed by atoms with Gasteiger partial charge in [-0.1, -0.05) is 32.6 Å². The van der Waals surface area contributed by atoms with Gasteiger partial charge in [0, 0.05) is 6.42 Å². The van der Waals surface area contributed by atoms with Crippen LogP contribution in [0.15, 0.2) is 0 Å². The molecule has 2 aliphatic rings. The Morgan fingerprint density at radius 1 is 1.16 bits per heavy atom. The number of hydrogen-bond donors (Lipinski definition) is 1. The number of fused-ring (bicyclic) bond motifs is 1. The van der Waals surface area contributed by atoms with Crippen LogP contribution in [0, 0.1) is 0 Å². The van der Waals surface area contributed by atoms with Crippen LogP contribution < -0.4 is 0 Å². The van der Waals surface area contributed by atoms with Crippen LogP contribution in [-0.2, 0) is 19.0 Å². The van der Waals surface area contributed by atoms with Gasteiger partial charge in [-0.2, -0.15) is 0 Å². The van der Waals surface area contributed by atoms with Crippen molar-refractivity contribution in [2.75, 3.05) is 13.2 Å². The molecule has 19 heavy (non-hydrogen) atoms. The van der Waals surface area contributed by atoms with Crippen molar-refractivity contribution in [3.63, 3.8) is 0 Å². The standard InChI is InChI=1S/C14H24O5/c1-2-3-4-5-6-7-12(16)19-11-9-18-13-10(15)8-17-14(11)13/h10-11,13-15H,2-9H2,1H3/t10-,11+,13-,14-/m1/s1. The van der Waals surface area contributed by atoms with Crippen LogP contribution in [0.3, 0.4) is 0 Å². The largest absolute Gasteiger partial charge is 0.457 e. The lowest BCUT2D eigenvalue weighted by Gasteiger charge is -2.16. The topological polar surface area (TPSA) is 65.0 Å². The Morgan fingerprint density at radius 3 is 2.68 bits per heavy atom. The lowest BCUT2D eigenvalue weighted by atomic mass is 10.1. The second-order valence-electron chi connectivity index (χ2n) is 5.36. The predicted molar refractivity (Wildman–Crippen MR) is 68.7 cm³/mol. The number of esters is 1. The quantitative estimate of drug-likeness (QED) is 0.561. The van der Waals surface area contributed by atoms with E-state index in [1.807, 2.05) is 0 Å². The fourth-order valence-corrected chi connectivity index (χ4v) is 2.65. The summed E-state index contributed by atoms with van der Waals surface area (Å²) in [5, 5.41) is 9.58. The van der Waals surface area contributed by atoms with E-state index < -0.39 is 6.10 Å². The molecule has 4 atom stereocenters. The smallest absolute Gasteiger partial charge is 0.306 e. The van der Waals surface area contributed by atoms with Crippen LogP contribution in [0.2, 0.25) is 0 Å². The normalized spacial score (nSPS) is 33.4. The Balaban J connectivity index is 1.63. The van der Waals surface area contributed by atoms with Crippen molar-refractivity contribution in [1.29, 1.82) is 0 Å². The Morgan fingerprint density at radius 2 is 1.89 bits per heavy atom. The van der Waals surface area contributed by atoms with Gasteiger partial charge in [0.1, 0.15) is 18.3 Å². The van der Waals surface area contributed by atoms with Gasteiger partial charge < -0.3 is 19.3 Å². The van der Waals surface area contributed by atoms with Crippen molar-refractivity contribution in [2.45, 2.75) is 69.9 Å². The molecular weight excluding hydrogens is 248 g/mol. The van der Waals surface area contributed by atoms with Gasteiger partial charge in [-0.25, -0.2) is 0 Å². The van der Waals surface area contributed by atoms with Crippen LogP contribution in [0.25, 0.3) is 0 Å². The Bertz CT molecular complexity index is 294. The van der Waals surface area contributed by atoms with Crippen LogP contribution in [0.5, 0.6) is 0 Å². The minimum Gasteiger partial charge on any atom is -0.457 e. The zero-order valence-electron chi connectivity index (χ0n) is 11.5. The maximum atomic E-state index is 11.7. The Labute approximate surface area is 114 Å². The minimum atomic E-state index is -0.595.